The molecular formula is C10H21NO3. The summed E-state index contributed by atoms with van der Waals surface area (Å²) in [5, 5.41) is 17.1. The van der Waals surface area contributed by atoms with Crippen molar-refractivity contribution in [2.75, 3.05) is 6.54 Å². The Bertz CT molecular complexity index is 170. The van der Waals surface area contributed by atoms with E-state index in [4.69, 9.17) is 15.6 Å². The average Bonchev–Trinajstić information content (AvgIpc) is 2.10. The van der Waals surface area contributed by atoms with Crippen LogP contribution in [0.4, 0.5) is 0 Å². The molecule has 4 heteroatoms. The number of aliphatic carboxylic acids is 1. The minimum Gasteiger partial charge on any atom is -0.481 e. The Morgan fingerprint density at radius 1 is 1.50 bits per heavy atom. The van der Waals surface area contributed by atoms with Crippen molar-refractivity contribution in [1.82, 2.24) is 0 Å². The van der Waals surface area contributed by atoms with E-state index in [9.17, 15) is 5.11 Å². The van der Waals surface area contributed by atoms with E-state index in [1.54, 1.807) is 0 Å². The number of hydrogen-bond donors (Lipinski definition) is 3. The maximum atomic E-state index is 9.67. The number of nitrogens with two attached hydrogens (primary N) is 1. The predicted molar refractivity (Wildman–Crippen MR) is 54.9 cm³/mol. The maximum absolute atomic E-state index is 9.67. The Morgan fingerprint density at radius 3 is 2.14 bits per heavy atom. The van der Waals surface area contributed by atoms with Crippen LogP contribution in [0.1, 0.15) is 39.5 Å². The van der Waals surface area contributed by atoms with E-state index in [2.05, 4.69) is 6.92 Å². The average molecular weight is 203 g/mol. The monoisotopic (exact) mass is 203 g/mol. The minimum absolute atomic E-state index is 0.430. The summed E-state index contributed by atoms with van der Waals surface area (Å²) in [5.41, 5.74) is 4.91. The molecule has 1 rings (SSSR count). The molecule has 84 valence electrons. The minimum atomic E-state index is -0.833. The topological polar surface area (TPSA) is 83.5 Å². The molecular weight excluding hydrogens is 182 g/mol. The molecule has 0 spiro atoms. The van der Waals surface area contributed by atoms with Gasteiger partial charge in [0.25, 0.3) is 5.97 Å². The third-order valence-electron chi connectivity index (χ3n) is 2.58. The summed E-state index contributed by atoms with van der Waals surface area (Å²) in [4.78, 5) is 9.00. The summed E-state index contributed by atoms with van der Waals surface area (Å²) in [6, 6.07) is 0. The molecule has 0 heterocycles. The van der Waals surface area contributed by atoms with Gasteiger partial charge in [0, 0.05) is 13.5 Å². The molecule has 1 aliphatic rings. The molecule has 0 aromatic heterocycles. The van der Waals surface area contributed by atoms with Crippen LogP contribution in [0.5, 0.6) is 0 Å². The molecule has 1 fully saturated rings. The highest BCUT2D eigenvalue weighted by Gasteiger charge is 2.29. The molecule has 0 unspecified atom stereocenters. The molecule has 0 atom stereocenters. The lowest BCUT2D eigenvalue weighted by atomic mass is 9.80. The molecule has 4 nitrogen and oxygen atoms in total. The second-order valence-corrected chi connectivity index (χ2v) is 4.13. The van der Waals surface area contributed by atoms with Crippen LogP contribution >= 0.6 is 0 Å². The Kier molecular flexibility index (Phi) is 5.72. The van der Waals surface area contributed by atoms with E-state index >= 15 is 0 Å². The number of hydrogen-bond acceptors (Lipinski definition) is 3. The second-order valence-electron chi connectivity index (χ2n) is 4.13. The summed E-state index contributed by atoms with van der Waals surface area (Å²) >= 11 is 0. The molecule has 4 N–H and O–H groups in total. The SMILES string of the molecule is CC(=O)O.CC1CCC(O)(CN)CC1. The van der Waals surface area contributed by atoms with Crippen LogP contribution in [0.25, 0.3) is 0 Å². The van der Waals surface area contributed by atoms with Gasteiger partial charge in [-0.2, -0.15) is 0 Å². The zero-order chi connectivity index (χ0) is 11.2. The van der Waals surface area contributed by atoms with Crippen LogP contribution in [0, 0.1) is 5.92 Å². The number of carboxylic acid groups (broad SMARTS) is 1. The fourth-order valence-electron chi connectivity index (χ4n) is 1.50. The first-order valence-electron chi connectivity index (χ1n) is 5.01. The van der Waals surface area contributed by atoms with Gasteiger partial charge in [-0.3, -0.25) is 4.79 Å². The fraction of sp³-hybridized carbons (Fsp3) is 0.900. The molecule has 0 aliphatic heterocycles. The van der Waals surface area contributed by atoms with Gasteiger partial charge in [-0.1, -0.05) is 6.92 Å². The number of carboxylic acids is 1. The number of carbonyl (C=O) groups is 1. The molecule has 0 saturated heterocycles. The molecule has 0 aromatic carbocycles. The van der Waals surface area contributed by atoms with Crippen LogP contribution in [0.3, 0.4) is 0 Å². The first kappa shape index (κ1) is 13.4. The van der Waals surface area contributed by atoms with Crippen molar-refractivity contribution in [3.8, 4) is 0 Å². The fourth-order valence-corrected chi connectivity index (χ4v) is 1.50. The zero-order valence-corrected chi connectivity index (χ0v) is 8.99. The van der Waals surface area contributed by atoms with E-state index in [1.807, 2.05) is 0 Å². The summed E-state index contributed by atoms with van der Waals surface area (Å²) in [5.74, 6) is -0.0492. The Hall–Kier alpha value is -0.610. The smallest absolute Gasteiger partial charge is 0.300 e. The largest absolute Gasteiger partial charge is 0.481 e. The highest BCUT2D eigenvalue weighted by Crippen LogP contribution is 2.30. The van der Waals surface area contributed by atoms with Crippen molar-refractivity contribution in [2.45, 2.75) is 45.1 Å². The molecule has 0 bridgehead atoms. The first-order valence-corrected chi connectivity index (χ1v) is 5.01. The van der Waals surface area contributed by atoms with E-state index in [0.717, 1.165) is 38.5 Å². The highest BCUT2D eigenvalue weighted by molar-refractivity contribution is 5.62. The molecule has 0 aromatic rings. The van der Waals surface area contributed by atoms with Crippen LogP contribution in [-0.2, 0) is 4.79 Å². The third kappa shape index (κ3) is 5.94. The van der Waals surface area contributed by atoms with Crippen molar-refractivity contribution >= 4 is 5.97 Å². The van der Waals surface area contributed by atoms with Gasteiger partial charge in [0.05, 0.1) is 5.60 Å². The van der Waals surface area contributed by atoms with E-state index in [0.29, 0.717) is 6.54 Å². The quantitative estimate of drug-likeness (QED) is 0.593. The van der Waals surface area contributed by atoms with Gasteiger partial charge >= 0.3 is 0 Å². The van der Waals surface area contributed by atoms with Gasteiger partial charge in [0.2, 0.25) is 0 Å². The standard InChI is InChI=1S/C8H17NO.C2H4O2/c1-7-2-4-8(10,6-9)5-3-7;1-2(3)4/h7,10H,2-6,9H2,1H3;1H3,(H,3,4). The van der Waals surface area contributed by atoms with Crippen LogP contribution in [0.15, 0.2) is 0 Å². The zero-order valence-electron chi connectivity index (χ0n) is 8.99. The predicted octanol–water partition coefficient (Wildman–Crippen LogP) is 0.977. The lowest BCUT2D eigenvalue weighted by Crippen LogP contribution is -2.40. The Balaban J connectivity index is 0.000000364. The first-order chi connectivity index (χ1) is 6.39. The summed E-state index contributed by atoms with van der Waals surface area (Å²) < 4.78 is 0. The summed E-state index contributed by atoms with van der Waals surface area (Å²) in [7, 11) is 0. The summed E-state index contributed by atoms with van der Waals surface area (Å²) in [6.45, 7) is 3.75. The van der Waals surface area contributed by atoms with Crippen LogP contribution in [-0.4, -0.2) is 28.3 Å². The Morgan fingerprint density at radius 2 is 1.86 bits per heavy atom. The maximum Gasteiger partial charge on any atom is 0.300 e. The van der Waals surface area contributed by atoms with E-state index in [-0.39, 0.29) is 0 Å². The highest BCUT2D eigenvalue weighted by atomic mass is 16.4. The van der Waals surface area contributed by atoms with E-state index < -0.39 is 11.6 Å². The Labute approximate surface area is 85.1 Å². The lowest BCUT2D eigenvalue weighted by molar-refractivity contribution is -0.134. The van der Waals surface area contributed by atoms with Gasteiger partial charge in [-0.05, 0) is 31.6 Å². The van der Waals surface area contributed by atoms with Crippen molar-refractivity contribution in [1.29, 1.82) is 0 Å². The molecule has 1 aliphatic carbocycles. The van der Waals surface area contributed by atoms with Gasteiger partial charge in [0.15, 0.2) is 0 Å². The van der Waals surface area contributed by atoms with E-state index in [1.165, 1.54) is 0 Å². The molecule has 14 heavy (non-hydrogen) atoms. The van der Waals surface area contributed by atoms with Gasteiger partial charge in [-0.15, -0.1) is 0 Å². The molecule has 0 radical (unpaired) electrons. The van der Waals surface area contributed by atoms with Crippen molar-refractivity contribution in [3.63, 3.8) is 0 Å². The van der Waals surface area contributed by atoms with Gasteiger partial charge in [0.1, 0.15) is 0 Å². The van der Waals surface area contributed by atoms with Crippen molar-refractivity contribution < 1.29 is 15.0 Å². The third-order valence-corrected chi connectivity index (χ3v) is 2.58. The molecule has 0 amide bonds. The van der Waals surface area contributed by atoms with Crippen LogP contribution < -0.4 is 5.73 Å². The molecule has 1 saturated carbocycles. The van der Waals surface area contributed by atoms with Gasteiger partial charge in [-0.25, -0.2) is 0 Å². The van der Waals surface area contributed by atoms with Crippen molar-refractivity contribution in [3.05, 3.63) is 0 Å². The number of rotatable bonds is 1. The number of aliphatic hydroxyl groups is 1. The second kappa shape index (κ2) is 5.98. The lowest BCUT2D eigenvalue weighted by Gasteiger charge is -2.33. The normalized spacial score (nSPS) is 31.6. The summed E-state index contributed by atoms with van der Waals surface area (Å²) in [6.07, 6.45) is 4.05. The van der Waals surface area contributed by atoms with Crippen LogP contribution in [0.2, 0.25) is 0 Å². The van der Waals surface area contributed by atoms with Crippen molar-refractivity contribution in [2.24, 2.45) is 11.7 Å². The van der Waals surface area contributed by atoms with Gasteiger partial charge < -0.3 is 15.9 Å².